The van der Waals surface area contributed by atoms with Crippen LogP contribution in [0.4, 0.5) is 0 Å². The van der Waals surface area contributed by atoms with Gasteiger partial charge in [-0.2, -0.15) is 0 Å². The van der Waals surface area contributed by atoms with Crippen LogP contribution in [0.3, 0.4) is 0 Å². The van der Waals surface area contributed by atoms with E-state index in [2.05, 4.69) is 16.0 Å². The molecule has 0 bridgehead atoms. The summed E-state index contributed by atoms with van der Waals surface area (Å²) in [5, 5.41) is 8.54. The van der Waals surface area contributed by atoms with E-state index in [9.17, 15) is 19.2 Å². The number of nitrogens with one attached hydrogen (secondary N) is 3. The van der Waals surface area contributed by atoms with Gasteiger partial charge in [-0.25, -0.2) is 0 Å². The highest BCUT2D eigenvalue weighted by molar-refractivity contribution is 5.99. The number of nitrogens with zero attached hydrogens (tertiary/aromatic N) is 1. The lowest BCUT2D eigenvalue weighted by Crippen LogP contribution is -2.57. The van der Waals surface area contributed by atoms with Crippen molar-refractivity contribution in [1.29, 1.82) is 0 Å². The monoisotopic (exact) mass is 322 g/mol. The fourth-order valence-corrected chi connectivity index (χ4v) is 3.46. The summed E-state index contributed by atoms with van der Waals surface area (Å²) in [5.41, 5.74) is 0. The zero-order valence-corrected chi connectivity index (χ0v) is 13.0. The normalized spacial score (nSPS) is 31.5. The van der Waals surface area contributed by atoms with Crippen molar-refractivity contribution in [3.8, 4) is 0 Å². The molecule has 0 aromatic heterocycles. The molecule has 3 fully saturated rings. The molecule has 3 aliphatic rings. The summed E-state index contributed by atoms with van der Waals surface area (Å²) in [6.07, 6.45) is 2.41. The lowest BCUT2D eigenvalue weighted by atomic mass is 10.0. The van der Waals surface area contributed by atoms with Crippen LogP contribution in [0.5, 0.6) is 0 Å². The molecular formula is C15H22N4O4. The van der Waals surface area contributed by atoms with Gasteiger partial charge in [-0.05, 0) is 25.8 Å². The van der Waals surface area contributed by atoms with Gasteiger partial charge in [0, 0.05) is 25.9 Å². The Morgan fingerprint density at radius 3 is 2.26 bits per heavy atom. The summed E-state index contributed by atoms with van der Waals surface area (Å²) in [6.45, 7) is 1.61. The van der Waals surface area contributed by atoms with Gasteiger partial charge in [0.25, 0.3) is 0 Å². The van der Waals surface area contributed by atoms with E-state index in [1.54, 1.807) is 4.90 Å². The molecule has 8 heteroatoms. The number of Topliss-reactive ketones (excluding diaryl/α,β-unsaturated/α-hetero) is 1. The maximum absolute atomic E-state index is 12.8. The molecule has 3 rings (SSSR count). The van der Waals surface area contributed by atoms with Crippen LogP contribution in [-0.4, -0.2) is 66.2 Å². The molecule has 23 heavy (non-hydrogen) atoms. The lowest BCUT2D eigenvalue weighted by molar-refractivity contribution is -0.141. The molecule has 0 spiro atoms. The average molecular weight is 322 g/mol. The number of rotatable bonds is 3. The quantitative estimate of drug-likeness (QED) is 0.574. The van der Waals surface area contributed by atoms with E-state index in [0.717, 1.165) is 13.0 Å². The summed E-state index contributed by atoms with van der Waals surface area (Å²) in [4.78, 5) is 49.8. The van der Waals surface area contributed by atoms with Crippen molar-refractivity contribution in [2.45, 2.75) is 50.2 Å². The summed E-state index contributed by atoms with van der Waals surface area (Å²) in [6, 6.07) is -1.64. The lowest BCUT2D eigenvalue weighted by Gasteiger charge is -2.32. The first-order chi connectivity index (χ1) is 11.1. The Labute approximate surface area is 134 Å². The van der Waals surface area contributed by atoms with Gasteiger partial charge >= 0.3 is 0 Å². The minimum absolute atomic E-state index is 0.120. The van der Waals surface area contributed by atoms with Crippen LogP contribution < -0.4 is 16.0 Å². The Morgan fingerprint density at radius 2 is 1.65 bits per heavy atom. The van der Waals surface area contributed by atoms with Crippen LogP contribution in [0.25, 0.3) is 0 Å². The van der Waals surface area contributed by atoms with Gasteiger partial charge in [-0.15, -0.1) is 0 Å². The standard InChI is InChI=1S/C15H22N4O4/c20-12-4-2-9(17-12)14(22)11-8-16-6-1-7-19(11)15(23)10-3-5-13(21)18-10/h9-11,16H,1-8H2,(H,17,20)(H,18,21)/t9-,10-,11?/m0/s1. The first-order valence-corrected chi connectivity index (χ1v) is 8.20. The topological polar surface area (TPSA) is 108 Å². The Hall–Kier alpha value is -1.96. The number of hydrogen-bond donors (Lipinski definition) is 3. The van der Waals surface area contributed by atoms with Crippen molar-refractivity contribution in [2.75, 3.05) is 19.6 Å². The second-order valence-corrected chi connectivity index (χ2v) is 6.33. The van der Waals surface area contributed by atoms with Crippen LogP contribution in [-0.2, 0) is 19.2 Å². The molecule has 126 valence electrons. The summed E-state index contributed by atoms with van der Waals surface area (Å²) in [5.74, 6) is -0.557. The van der Waals surface area contributed by atoms with E-state index in [4.69, 9.17) is 0 Å². The molecule has 8 nitrogen and oxygen atoms in total. The third-order valence-corrected chi connectivity index (χ3v) is 4.71. The Balaban J connectivity index is 1.74. The third-order valence-electron chi connectivity index (χ3n) is 4.71. The third kappa shape index (κ3) is 3.36. The van der Waals surface area contributed by atoms with Gasteiger partial charge in [-0.1, -0.05) is 0 Å². The van der Waals surface area contributed by atoms with E-state index >= 15 is 0 Å². The Morgan fingerprint density at radius 1 is 1.00 bits per heavy atom. The second-order valence-electron chi connectivity index (χ2n) is 6.33. The van der Waals surface area contributed by atoms with Gasteiger partial charge in [0.2, 0.25) is 17.7 Å². The fraction of sp³-hybridized carbons (Fsp3) is 0.733. The van der Waals surface area contributed by atoms with E-state index in [1.165, 1.54) is 0 Å². The maximum Gasteiger partial charge on any atom is 0.245 e. The van der Waals surface area contributed by atoms with Crippen molar-refractivity contribution in [3.63, 3.8) is 0 Å². The molecule has 1 unspecified atom stereocenters. The molecule has 3 aliphatic heterocycles. The predicted molar refractivity (Wildman–Crippen MR) is 80.3 cm³/mol. The molecule has 0 aromatic rings. The summed E-state index contributed by atoms with van der Waals surface area (Å²) < 4.78 is 0. The highest BCUT2D eigenvalue weighted by Gasteiger charge is 2.40. The number of ketones is 1. The van der Waals surface area contributed by atoms with Crippen molar-refractivity contribution < 1.29 is 19.2 Å². The number of carbonyl (C=O) groups is 4. The van der Waals surface area contributed by atoms with Crippen molar-refractivity contribution in [1.82, 2.24) is 20.9 Å². The summed E-state index contributed by atoms with van der Waals surface area (Å²) >= 11 is 0. The van der Waals surface area contributed by atoms with Gasteiger partial charge in [-0.3, -0.25) is 19.2 Å². The predicted octanol–water partition coefficient (Wildman–Crippen LogP) is -1.70. The molecule has 3 saturated heterocycles. The minimum Gasteiger partial charge on any atom is -0.346 e. The van der Waals surface area contributed by atoms with Crippen LogP contribution in [0, 0.1) is 0 Å². The fourth-order valence-electron chi connectivity index (χ4n) is 3.46. The minimum atomic E-state index is -0.592. The molecule has 3 amide bonds. The van der Waals surface area contributed by atoms with Crippen LogP contribution in [0.1, 0.15) is 32.1 Å². The van der Waals surface area contributed by atoms with Crippen molar-refractivity contribution in [2.24, 2.45) is 0 Å². The Kier molecular flexibility index (Phi) is 4.61. The van der Waals surface area contributed by atoms with E-state index in [-0.39, 0.29) is 23.5 Å². The molecule has 3 N–H and O–H groups in total. The average Bonchev–Trinajstić information content (AvgIpc) is 3.07. The van der Waals surface area contributed by atoms with Gasteiger partial charge in [0.1, 0.15) is 12.1 Å². The maximum atomic E-state index is 12.8. The molecule has 3 atom stereocenters. The van der Waals surface area contributed by atoms with Crippen LogP contribution >= 0.6 is 0 Å². The zero-order chi connectivity index (χ0) is 16.4. The van der Waals surface area contributed by atoms with Gasteiger partial charge in [0.05, 0.1) is 6.04 Å². The SMILES string of the molecule is O=C1CC[C@@H](C(=O)C2CNCCCN2C(=O)[C@@H]2CCC(=O)N2)N1. The smallest absolute Gasteiger partial charge is 0.245 e. The molecule has 0 aromatic carbocycles. The van der Waals surface area contributed by atoms with Crippen LogP contribution in [0.2, 0.25) is 0 Å². The molecular weight excluding hydrogens is 300 g/mol. The zero-order valence-electron chi connectivity index (χ0n) is 13.0. The Bertz CT molecular complexity index is 490. The number of carbonyl (C=O) groups excluding carboxylic acids is 4. The number of amides is 3. The molecule has 0 aliphatic carbocycles. The summed E-state index contributed by atoms with van der Waals surface area (Å²) in [7, 11) is 0. The van der Waals surface area contributed by atoms with E-state index in [1.807, 2.05) is 0 Å². The second kappa shape index (κ2) is 6.66. The van der Waals surface area contributed by atoms with Gasteiger partial charge < -0.3 is 20.9 Å². The van der Waals surface area contributed by atoms with Crippen molar-refractivity contribution in [3.05, 3.63) is 0 Å². The largest absolute Gasteiger partial charge is 0.346 e. The van der Waals surface area contributed by atoms with E-state index in [0.29, 0.717) is 38.8 Å². The highest BCUT2D eigenvalue weighted by atomic mass is 16.2. The van der Waals surface area contributed by atoms with Gasteiger partial charge in [0.15, 0.2) is 5.78 Å². The number of hydrogen-bond acceptors (Lipinski definition) is 5. The molecule has 0 radical (unpaired) electrons. The first-order valence-electron chi connectivity index (χ1n) is 8.20. The van der Waals surface area contributed by atoms with Crippen LogP contribution in [0.15, 0.2) is 0 Å². The van der Waals surface area contributed by atoms with E-state index < -0.39 is 18.1 Å². The van der Waals surface area contributed by atoms with Crippen molar-refractivity contribution >= 4 is 23.5 Å². The molecule has 3 heterocycles. The molecule has 0 saturated carbocycles. The highest BCUT2D eigenvalue weighted by Crippen LogP contribution is 2.17. The first kappa shape index (κ1) is 15.9.